The number of halogens is 1. The van der Waals surface area contributed by atoms with Gasteiger partial charge in [-0.3, -0.25) is 4.79 Å². The van der Waals surface area contributed by atoms with E-state index < -0.39 is 0 Å². The van der Waals surface area contributed by atoms with Crippen LogP contribution in [0, 0.1) is 3.57 Å². The van der Waals surface area contributed by atoms with Crippen LogP contribution in [0.1, 0.15) is 15.9 Å². The normalized spacial score (nSPS) is 10.2. The highest BCUT2D eigenvalue weighted by molar-refractivity contribution is 14.1. The van der Waals surface area contributed by atoms with Gasteiger partial charge in [-0.1, -0.05) is 6.07 Å². The van der Waals surface area contributed by atoms with E-state index >= 15 is 0 Å². The third-order valence-corrected chi connectivity index (χ3v) is 4.78. The quantitative estimate of drug-likeness (QED) is 0.599. The van der Waals surface area contributed by atoms with Crippen LogP contribution in [0.2, 0.25) is 0 Å². The van der Waals surface area contributed by atoms with Gasteiger partial charge in [-0.2, -0.15) is 0 Å². The molecule has 0 saturated carbocycles. The molecule has 0 aliphatic rings. The van der Waals surface area contributed by atoms with Gasteiger partial charge in [0.1, 0.15) is 11.5 Å². The molecule has 2 aromatic carbocycles. The molecule has 7 heteroatoms. The van der Waals surface area contributed by atoms with Gasteiger partial charge in [0.05, 0.1) is 34.0 Å². The van der Waals surface area contributed by atoms with E-state index in [9.17, 15) is 4.79 Å². The second-order valence-corrected chi connectivity index (χ2v) is 6.53. The SMILES string of the molecule is COc1ccc(CCNC(=O)c2cc(OC)c(OC)cc2I)c(OC)c1. The number of rotatable bonds is 8. The van der Waals surface area contributed by atoms with Gasteiger partial charge in [-0.25, -0.2) is 0 Å². The van der Waals surface area contributed by atoms with Crippen molar-refractivity contribution in [3.8, 4) is 23.0 Å². The summed E-state index contributed by atoms with van der Waals surface area (Å²) in [6.07, 6.45) is 0.642. The van der Waals surface area contributed by atoms with E-state index in [1.807, 2.05) is 18.2 Å². The van der Waals surface area contributed by atoms with Crippen molar-refractivity contribution in [2.75, 3.05) is 35.0 Å². The first-order chi connectivity index (χ1) is 12.5. The van der Waals surface area contributed by atoms with E-state index in [1.165, 1.54) is 0 Å². The van der Waals surface area contributed by atoms with E-state index in [0.29, 0.717) is 30.0 Å². The highest BCUT2D eigenvalue weighted by Gasteiger charge is 2.15. The first kappa shape index (κ1) is 20.2. The average Bonchev–Trinajstić information content (AvgIpc) is 2.67. The lowest BCUT2D eigenvalue weighted by molar-refractivity contribution is 0.0952. The zero-order valence-electron chi connectivity index (χ0n) is 15.2. The number of hydrogen-bond acceptors (Lipinski definition) is 5. The summed E-state index contributed by atoms with van der Waals surface area (Å²) in [6, 6.07) is 9.10. The maximum absolute atomic E-state index is 12.5. The molecular weight excluding hydrogens is 449 g/mol. The zero-order valence-corrected chi connectivity index (χ0v) is 17.4. The van der Waals surface area contributed by atoms with Crippen LogP contribution >= 0.6 is 22.6 Å². The van der Waals surface area contributed by atoms with Crippen molar-refractivity contribution < 1.29 is 23.7 Å². The standard InChI is InChI=1S/C19H22INO5/c1-23-13-6-5-12(16(9-13)24-2)7-8-21-19(22)14-10-17(25-3)18(26-4)11-15(14)20/h5-6,9-11H,7-8H2,1-4H3,(H,21,22). The Morgan fingerprint density at radius 2 is 1.58 bits per heavy atom. The largest absolute Gasteiger partial charge is 0.497 e. The summed E-state index contributed by atoms with van der Waals surface area (Å²) in [5.41, 5.74) is 1.54. The van der Waals surface area contributed by atoms with Gasteiger partial charge in [-0.05, 0) is 52.8 Å². The Bertz CT molecular complexity index is 779. The summed E-state index contributed by atoms with van der Waals surface area (Å²) >= 11 is 2.11. The van der Waals surface area contributed by atoms with Crippen molar-refractivity contribution >= 4 is 28.5 Å². The highest BCUT2D eigenvalue weighted by Crippen LogP contribution is 2.31. The van der Waals surface area contributed by atoms with E-state index in [4.69, 9.17) is 18.9 Å². The maximum atomic E-state index is 12.5. The van der Waals surface area contributed by atoms with Gasteiger partial charge in [0.25, 0.3) is 5.91 Å². The van der Waals surface area contributed by atoms with Gasteiger partial charge in [0.15, 0.2) is 11.5 Å². The Labute approximate surface area is 166 Å². The summed E-state index contributed by atoms with van der Waals surface area (Å²) in [7, 11) is 6.33. The smallest absolute Gasteiger partial charge is 0.252 e. The molecule has 0 aromatic heterocycles. The molecule has 2 rings (SSSR count). The Balaban J connectivity index is 2.05. The van der Waals surface area contributed by atoms with Crippen LogP contribution in [-0.4, -0.2) is 40.9 Å². The van der Waals surface area contributed by atoms with Gasteiger partial charge in [-0.15, -0.1) is 0 Å². The van der Waals surface area contributed by atoms with Gasteiger partial charge in [0, 0.05) is 16.2 Å². The van der Waals surface area contributed by atoms with Crippen molar-refractivity contribution in [1.82, 2.24) is 5.32 Å². The first-order valence-electron chi connectivity index (χ1n) is 7.94. The van der Waals surface area contributed by atoms with Gasteiger partial charge < -0.3 is 24.3 Å². The fraction of sp³-hybridized carbons (Fsp3) is 0.316. The Kier molecular flexibility index (Phi) is 7.38. The van der Waals surface area contributed by atoms with Crippen molar-refractivity contribution in [1.29, 1.82) is 0 Å². The molecular formula is C19H22INO5. The molecule has 0 atom stereocenters. The van der Waals surface area contributed by atoms with Crippen LogP contribution in [0.4, 0.5) is 0 Å². The molecule has 6 nitrogen and oxygen atoms in total. The maximum Gasteiger partial charge on any atom is 0.252 e. The number of hydrogen-bond donors (Lipinski definition) is 1. The lowest BCUT2D eigenvalue weighted by atomic mass is 10.1. The fourth-order valence-corrected chi connectivity index (χ4v) is 3.18. The molecule has 0 fully saturated rings. The summed E-state index contributed by atoms with van der Waals surface area (Å²) in [4.78, 5) is 12.5. The molecule has 1 N–H and O–H groups in total. The minimum atomic E-state index is -0.164. The van der Waals surface area contributed by atoms with E-state index in [-0.39, 0.29) is 5.91 Å². The average molecular weight is 471 g/mol. The minimum absolute atomic E-state index is 0.164. The van der Waals surface area contributed by atoms with Crippen LogP contribution in [0.5, 0.6) is 23.0 Å². The molecule has 0 aliphatic carbocycles. The van der Waals surface area contributed by atoms with Crippen LogP contribution in [0.25, 0.3) is 0 Å². The molecule has 0 radical (unpaired) electrons. The number of nitrogens with one attached hydrogen (secondary N) is 1. The van der Waals surface area contributed by atoms with Crippen molar-refractivity contribution in [2.24, 2.45) is 0 Å². The number of benzene rings is 2. The molecule has 0 aliphatic heterocycles. The number of ether oxygens (including phenoxy) is 4. The Hall–Kier alpha value is -2.16. The third-order valence-electron chi connectivity index (χ3n) is 3.89. The molecule has 0 unspecified atom stereocenters. The van der Waals surface area contributed by atoms with Gasteiger partial charge in [0.2, 0.25) is 0 Å². The van der Waals surface area contributed by atoms with E-state index in [2.05, 4.69) is 27.9 Å². The summed E-state index contributed by atoms with van der Waals surface area (Å²) in [5, 5.41) is 2.93. The Morgan fingerprint density at radius 1 is 0.923 bits per heavy atom. The molecule has 1 amide bonds. The fourth-order valence-electron chi connectivity index (χ4n) is 2.49. The summed E-state index contributed by atoms with van der Waals surface area (Å²) in [6.45, 7) is 0.478. The number of carbonyl (C=O) groups is 1. The van der Waals surface area contributed by atoms with Crippen molar-refractivity contribution in [3.05, 3.63) is 45.0 Å². The lowest BCUT2D eigenvalue weighted by Gasteiger charge is -2.13. The second kappa shape index (κ2) is 9.51. The van der Waals surface area contributed by atoms with Gasteiger partial charge >= 0.3 is 0 Å². The van der Waals surface area contributed by atoms with E-state index in [1.54, 1.807) is 40.6 Å². The first-order valence-corrected chi connectivity index (χ1v) is 9.02. The van der Waals surface area contributed by atoms with Crippen molar-refractivity contribution in [3.63, 3.8) is 0 Å². The molecule has 0 bridgehead atoms. The van der Waals surface area contributed by atoms with Crippen molar-refractivity contribution in [2.45, 2.75) is 6.42 Å². The molecule has 0 spiro atoms. The highest BCUT2D eigenvalue weighted by atomic mass is 127. The van der Waals surface area contributed by atoms with Crippen LogP contribution < -0.4 is 24.3 Å². The molecule has 0 heterocycles. The Morgan fingerprint density at radius 3 is 2.19 bits per heavy atom. The predicted molar refractivity (Wildman–Crippen MR) is 108 cm³/mol. The van der Waals surface area contributed by atoms with Crippen LogP contribution in [0.15, 0.2) is 30.3 Å². The van der Waals surface area contributed by atoms with Crippen LogP contribution in [0.3, 0.4) is 0 Å². The summed E-state index contributed by atoms with van der Waals surface area (Å²) in [5.74, 6) is 2.42. The zero-order chi connectivity index (χ0) is 19.1. The summed E-state index contributed by atoms with van der Waals surface area (Å²) < 4.78 is 21.9. The predicted octanol–water partition coefficient (Wildman–Crippen LogP) is 3.30. The third kappa shape index (κ3) is 4.72. The molecule has 140 valence electrons. The number of carbonyl (C=O) groups excluding carboxylic acids is 1. The monoisotopic (exact) mass is 471 g/mol. The molecule has 26 heavy (non-hydrogen) atoms. The van der Waals surface area contributed by atoms with Crippen LogP contribution in [-0.2, 0) is 6.42 Å². The second-order valence-electron chi connectivity index (χ2n) is 5.37. The molecule has 2 aromatic rings. The number of amides is 1. The number of methoxy groups -OCH3 is 4. The molecule has 0 saturated heterocycles. The minimum Gasteiger partial charge on any atom is -0.497 e. The van der Waals surface area contributed by atoms with E-state index in [0.717, 1.165) is 20.6 Å². The lowest BCUT2D eigenvalue weighted by Crippen LogP contribution is -2.26. The topological polar surface area (TPSA) is 66.0 Å².